The minimum atomic E-state index is -4.14. The lowest BCUT2D eigenvalue weighted by Gasteiger charge is -2.14. The molecule has 0 spiro atoms. The van der Waals surface area contributed by atoms with Crippen molar-refractivity contribution in [3.8, 4) is 0 Å². The van der Waals surface area contributed by atoms with Crippen LogP contribution in [0.1, 0.15) is 17.3 Å². The summed E-state index contributed by atoms with van der Waals surface area (Å²) in [5.41, 5.74) is -0.472. The molecule has 2 aromatic rings. The molecule has 0 unspecified atom stereocenters. The van der Waals surface area contributed by atoms with Gasteiger partial charge < -0.3 is 10.1 Å². The third-order valence-corrected chi connectivity index (χ3v) is 4.37. The lowest BCUT2D eigenvalue weighted by molar-refractivity contribution is -0.123. The number of esters is 1. The molecule has 1 amide bonds. The molecular formula is C15H13ClFN3O5S. The molecule has 0 aliphatic rings. The summed E-state index contributed by atoms with van der Waals surface area (Å²) in [6, 6.07) is 5.41. The van der Waals surface area contributed by atoms with Crippen molar-refractivity contribution in [2.45, 2.75) is 17.9 Å². The Bertz CT molecular complexity index is 968. The second kappa shape index (κ2) is 7.77. The van der Waals surface area contributed by atoms with E-state index in [0.29, 0.717) is 0 Å². The van der Waals surface area contributed by atoms with E-state index in [9.17, 15) is 22.4 Å². The van der Waals surface area contributed by atoms with Crippen LogP contribution in [0.3, 0.4) is 0 Å². The summed E-state index contributed by atoms with van der Waals surface area (Å²) in [7, 11) is -4.14. The van der Waals surface area contributed by atoms with Crippen LogP contribution in [0.5, 0.6) is 0 Å². The minimum absolute atomic E-state index is 0.0336. The Kier molecular flexibility index (Phi) is 5.90. The van der Waals surface area contributed by atoms with Crippen molar-refractivity contribution in [3.63, 3.8) is 0 Å². The Morgan fingerprint density at radius 3 is 2.65 bits per heavy atom. The molecule has 0 bridgehead atoms. The quantitative estimate of drug-likeness (QED) is 0.579. The standard InChI is InChI=1S/C15H13ClFN3O5S/c1-8(14(21)20-12-3-2-6-19-13(12)16)25-15(22)10-7-9(26(18,23)24)4-5-11(10)17/h2-8H,1H3,(H,20,21)(H2,18,23,24)/t8-/m0/s1. The van der Waals surface area contributed by atoms with Crippen molar-refractivity contribution in [1.29, 1.82) is 0 Å². The normalized spacial score (nSPS) is 12.3. The number of sulfonamides is 1. The number of hydrogen-bond donors (Lipinski definition) is 2. The third-order valence-electron chi connectivity index (χ3n) is 3.16. The molecule has 0 aliphatic carbocycles. The van der Waals surface area contributed by atoms with Crippen molar-refractivity contribution in [2.75, 3.05) is 5.32 Å². The van der Waals surface area contributed by atoms with Gasteiger partial charge in [-0.1, -0.05) is 11.6 Å². The van der Waals surface area contributed by atoms with E-state index < -0.39 is 44.3 Å². The molecule has 1 atom stereocenters. The van der Waals surface area contributed by atoms with Crippen molar-refractivity contribution < 1.29 is 27.1 Å². The highest BCUT2D eigenvalue weighted by Gasteiger charge is 2.23. The summed E-state index contributed by atoms with van der Waals surface area (Å²) in [5, 5.41) is 7.37. The number of halogens is 2. The number of nitrogens with one attached hydrogen (secondary N) is 1. The number of nitrogens with zero attached hydrogens (tertiary/aromatic N) is 1. The summed E-state index contributed by atoms with van der Waals surface area (Å²) in [6.45, 7) is 1.25. The molecule has 138 valence electrons. The van der Waals surface area contributed by atoms with Gasteiger partial charge in [-0.25, -0.2) is 27.7 Å². The zero-order valence-corrected chi connectivity index (χ0v) is 14.8. The Morgan fingerprint density at radius 1 is 1.35 bits per heavy atom. The number of primary sulfonamides is 1. The molecule has 0 saturated carbocycles. The number of amides is 1. The number of benzene rings is 1. The van der Waals surface area contributed by atoms with Crippen LogP contribution in [0.15, 0.2) is 41.4 Å². The fraction of sp³-hybridized carbons (Fsp3) is 0.133. The van der Waals surface area contributed by atoms with Crippen LogP contribution in [0.2, 0.25) is 5.15 Å². The first kappa shape index (κ1) is 19.8. The number of aromatic nitrogens is 1. The Hall–Kier alpha value is -2.56. The number of pyridine rings is 1. The molecule has 26 heavy (non-hydrogen) atoms. The zero-order valence-electron chi connectivity index (χ0n) is 13.3. The van der Waals surface area contributed by atoms with Crippen LogP contribution in [0.25, 0.3) is 0 Å². The average molecular weight is 402 g/mol. The van der Waals surface area contributed by atoms with Gasteiger partial charge in [0.15, 0.2) is 11.3 Å². The average Bonchev–Trinajstić information content (AvgIpc) is 2.56. The predicted molar refractivity (Wildman–Crippen MR) is 90.5 cm³/mol. The van der Waals surface area contributed by atoms with Gasteiger partial charge in [0.1, 0.15) is 5.82 Å². The lowest BCUT2D eigenvalue weighted by Crippen LogP contribution is -2.30. The number of carbonyl (C=O) groups is 2. The zero-order chi connectivity index (χ0) is 19.5. The number of anilines is 1. The van der Waals surface area contributed by atoms with Crippen LogP contribution in [-0.2, 0) is 19.6 Å². The van der Waals surface area contributed by atoms with Crippen LogP contribution in [-0.4, -0.2) is 31.4 Å². The number of rotatable bonds is 5. The van der Waals surface area contributed by atoms with Gasteiger partial charge in [0.25, 0.3) is 5.91 Å². The number of hydrogen-bond acceptors (Lipinski definition) is 6. The van der Waals surface area contributed by atoms with E-state index in [-0.39, 0.29) is 10.8 Å². The van der Waals surface area contributed by atoms with E-state index in [0.717, 1.165) is 18.2 Å². The summed E-state index contributed by atoms with van der Waals surface area (Å²) >= 11 is 5.80. The van der Waals surface area contributed by atoms with E-state index in [2.05, 4.69) is 10.3 Å². The monoisotopic (exact) mass is 401 g/mol. The van der Waals surface area contributed by atoms with Crippen molar-refractivity contribution in [2.24, 2.45) is 5.14 Å². The summed E-state index contributed by atoms with van der Waals surface area (Å²) < 4.78 is 41.3. The molecule has 3 N–H and O–H groups in total. The third kappa shape index (κ3) is 4.75. The molecule has 0 fully saturated rings. The second-order valence-electron chi connectivity index (χ2n) is 5.07. The van der Waals surface area contributed by atoms with Gasteiger partial charge in [0.2, 0.25) is 10.0 Å². The highest BCUT2D eigenvalue weighted by molar-refractivity contribution is 7.89. The molecule has 8 nitrogen and oxygen atoms in total. The highest BCUT2D eigenvalue weighted by Crippen LogP contribution is 2.19. The first-order valence-corrected chi connectivity index (χ1v) is 8.96. The molecule has 11 heteroatoms. The van der Waals surface area contributed by atoms with Crippen LogP contribution in [0, 0.1) is 5.82 Å². The number of carbonyl (C=O) groups excluding carboxylic acids is 2. The van der Waals surface area contributed by atoms with E-state index in [4.69, 9.17) is 21.5 Å². The van der Waals surface area contributed by atoms with Crippen LogP contribution in [0.4, 0.5) is 10.1 Å². The maximum atomic E-state index is 13.8. The highest BCUT2D eigenvalue weighted by atomic mass is 35.5. The van der Waals surface area contributed by atoms with Gasteiger partial charge in [0, 0.05) is 6.20 Å². The Labute approximate surface area is 153 Å². The first-order valence-electron chi connectivity index (χ1n) is 7.04. The SMILES string of the molecule is C[C@H](OC(=O)c1cc(S(N)(=O)=O)ccc1F)C(=O)Nc1cccnc1Cl. The van der Waals surface area contributed by atoms with Crippen molar-refractivity contribution in [1.82, 2.24) is 4.98 Å². The Balaban J connectivity index is 2.14. The van der Waals surface area contributed by atoms with Crippen LogP contribution >= 0.6 is 11.6 Å². The van der Waals surface area contributed by atoms with Gasteiger partial charge >= 0.3 is 5.97 Å². The van der Waals surface area contributed by atoms with E-state index in [1.807, 2.05) is 0 Å². The van der Waals surface area contributed by atoms with Crippen molar-refractivity contribution >= 4 is 39.2 Å². The predicted octanol–water partition coefficient (Wildman–Crippen LogP) is 1.71. The van der Waals surface area contributed by atoms with Crippen molar-refractivity contribution in [3.05, 3.63) is 53.1 Å². The second-order valence-corrected chi connectivity index (χ2v) is 6.98. The van der Waals surface area contributed by atoms with E-state index in [1.54, 1.807) is 0 Å². The summed E-state index contributed by atoms with van der Waals surface area (Å²) in [4.78, 5) is 27.4. The molecule has 0 aliphatic heterocycles. The molecule has 0 saturated heterocycles. The fourth-order valence-corrected chi connectivity index (χ4v) is 2.54. The maximum Gasteiger partial charge on any atom is 0.341 e. The first-order chi connectivity index (χ1) is 12.1. The fourth-order valence-electron chi connectivity index (χ4n) is 1.83. The molecule has 1 heterocycles. The summed E-state index contributed by atoms with van der Waals surface area (Å²) in [6.07, 6.45) is 0.0965. The molecule has 1 aromatic heterocycles. The number of nitrogens with two attached hydrogens (primary N) is 1. The van der Waals surface area contributed by atoms with Gasteiger partial charge in [0.05, 0.1) is 16.1 Å². The molecule has 1 aromatic carbocycles. The lowest BCUT2D eigenvalue weighted by atomic mass is 10.2. The van der Waals surface area contributed by atoms with Gasteiger partial charge in [-0.3, -0.25) is 4.79 Å². The molecular weight excluding hydrogens is 389 g/mol. The summed E-state index contributed by atoms with van der Waals surface area (Å²) in [5.74, 6) is -2.99. The topological polar surface area (TPSA) is 128 Å². The largest absolute Gasteiger partial charge is 0.449 e. The van der Waals surface area contributed by atoms with Gasteiger partial charge in [-0.2, -0.15) is 0 Å². The molecule has 2 rings (SSSR count). The van der Waals surface area contributed by atoms with E-state index in [1.165, 1.54) is 25.3 Å². The maximum absolute atomic E-state index is 13.8. The molecule has 0 radical (unpaired) electrons. The smallest absolute Gasteiger partial charge is 0.341 e. The Morgan fingerprint density at radius 2 is 2.04 bits per heavy atom. The van der Waals surface area contributed by atoms with E-state index >= 15 is 0 Å². The van der Waals surface area contributed by atoms with Gasteiger partial charge in [-0.05, 0) is 37.3 Å². The van der Waals surface area contributed by atoms with Gasteiger partial charge in [-0.15, -0.1) is 0 Å². The number of ether oxygens (including phenoxy) is 1. The van der Waals surface area contributed by atoms with Crippen LogP contribution < -0.4 is 10.5 Å². The minimum Gasteiger partial charge on any atom is -0.449 e.